The summed E-state index contributed by atoms with van der Waals surface area (Å²) in [5.41, 5.74) is 1.03. The van der Waals surface area contributed by atoms with E-state index in [9.17, 15) is 4.79 Å². The van der Waals surface area contributed by atoms with Crippen LogP contribution in [0.5, 0.6) is 0 Å². The van der Waals surface area contributed by atoms with E-state index >= 15 is 0 Å². The lowest BCUT2D eigenvalue weighted by atomic mass is 10.2. The van der Waals surface area contributed by atoms with Gasteiger partial charge < -0.3 is 4.90 Å². The van der Waals surface area contributed by atoms with E-state index in [4.69, 9.17) is 0 Å². The zero-order chi connectivity index (χ0) is 11.5. The molecule has 0 unspecified atom stereocenters. The molecule has 0 saturated carbocycles. The Morgan fingerprint density at radius 1 is 1.31 bits per heavy atom. The van der Waals surface area contributed by atoms with Crippen LogP contribution in [0.15, 0.2) is 35.4 Å². The van der Waals surface area contributed by atoms with Crippen LogP contribution in [0.2, 0.25) is 0 Å². The van der Waals surface area contributed by atoms with Crippen molar-refractivity contribution in [2.75, 3.05) is 14.1 Å². The molecule has 1 aliphatic heterocycles. The predicted molar refractivity (Wildman–Crippen MR) is 65.8 cm³/mol. The molecular weight excluding hydrogens is 222 g/mol. The van der Waals surface area contributed by atoms with Crippen LogP contribution in [-0.4, -0.2) is 35.1 Å². The van der Waals surface area contributed by atoms with E-state index in [0.29, 0.717) is 0 Å². The number of rotatable bonds is 1. The molecule has 0 spiro atoms. The Balaban J connectivity index is 2.16. The van der Waals surface area contributed by atoms with Gasteiger partial charge in [0.15, 0.2) is 0 Å². The highest BCUT2D eigenvalue weighted by Crippen LogP contribution is 2.26. The van der Waals surface area contributed by atoms with Gasteiger partial charge in [-0.25, -0.2) is 4.79 Å². The van der Waals surface area contributed by atoms with E-state index in [1.807, 2.05) is 30.3 Å². The van der Waals surface area contributed by atoms with Gasteiger partial charge in [-0.15, -0.1) is 0 Å². The van der Waals surface area contributed by atoms with Crippen LogP contribution in [0, 0.1) is 5.88 Å². The van der Waals surface area contributed by atoms with Crippen LogP contribution >= 0.6 is 11.8 Å². The lowest BCUT2D eigenvalue weighted by Crippen LogP contribution is -2.32. The maximum absolute atomic E-state index is 11.6. The largest absolute Gasteiger partial charge is 0.341 e. The van der Waals surface area contributed by atoms with Crippen molar-refractivity contribution in [3.8, 4) is 0 Å². The molecule has 16 heavy (non-hydrogen) atoms. The van der Waals surface area contributed by atoms with E-state index in [1.165, 1.54) is 21.7 Å². The third-order valence-corrected chi connectivity index (χ3v) is 2.91. The number of amides is 2. The van der Waals surface area contributed by atoms with Gasteiger partial charge in [-0.2, -0.15) is 10.1 Å². The van der Waals surface area contributed by atoms with Crippen molar-refractivity contribution in [1.82, 2.24) is 9.91 Å². The van der Waals surface area contributed by atoms with Gasteiger partial charge in [0.25, 0.3) is 0 Å². The Kier molecular flexibility index (Phi) is 3.14. The zero-order valence-electron chi connectivity index (χ0n) is 9.12. The Hall–Kier alpha value is -1.49. The molecule has 2 rings (SSSR count). The number of carbonyl (C=O) groups is 1. The molecule has 0 aromatic heterocycles. The molecule has 2 amide bonds. The molecule has 0 N–H and O–H groups in total. The Morgan fingerprint density at radius 3 is 2.62 bits per heavy atom. The maximum Gasteiger partial charge on any atom is 0.341 e. The summed E-state index contributed by atoms with van der Waals surface area (Å²) >= 11 is 1.45. The van der Waals surface area contributed by atoms with Crippen LogP contribution in [0.4, 0.5) is 4.79 Å². The fourth-order valence-electron chi connectivity index (χ4n) is 1.24. The predicted octanol–water partition coefficient (Wildman–Crippen LogP) is 2.20. The summed E-state index contributed by atoms with van der Waals surface area (Å²) in [7, 11) is 3.41. The van der Waals surface area contributed by atoms with E-state index in [-0.39, 0.29) is 6.03 Å². The minimum atomic E-state index is -0.140. The second-order valence-corrected chi connectivity index (χ2v) is 4.35. The number of hydrogen-bond donors (Lipinski definition) is 0. The number of hydrogen-bond acceptors (Lipinski definition) is 3. The van der Waals surface area contributed by atoms with Gasteiger partial charge in [-0.1, -0.05) is 42.1 Å². The molecule has 1 heterocycles. The van der Waals surface area contributed by atoms with Crippen molar-refractivity contribution < 1.29 is 4.79 Å². The molecule has 0 saturated heterocycles. The van der Waals surface area contributed by atoms with E-state index in [0.717, 1.165) is 10.6 Å². The second-order valence-electron chi connectivity index (χ2n) is 3.52. The maximum atomic E-state index is 11.6. The molecule has 1 radical (unpaired) electrons. The minimum absolute atomic E-state index is 0.140. The third kappa shape index (κ3) is 2.19. The van der Waals surface area contributed by atoms with Crippen molar-refractivity contribution in [1.29, 1.82) is 0 Å². The number of thioether (sulfide) groups is 1. The summed E-state index contributed by atoms with van der Waals surface area (Å²) in [6.45, 7) is 0. The SMILES string of the molecule is CN(C)C(=O)N1[CH]SC(c2ccccc2)=N1. The first-order valence-corrected chi connectivity index (χ1v) is 5.71. The topological polar surface area (TPSA) is 35.9 Å². The molecule has 5 heteroatoms. The molecular formula is C11H12N3OS. The van der Waals surface area contributed by atoms with Crippen molar-refractivity contribution in [3.63, 3.8) is 0 Å². The molecule has 0 aliphatic carbocycles. The monoisotopic (exact) mass is 234 g/mol. The molecule has 0 bridgehead atoms. The molecule has 1 aliphatic rings. The highest BCUT2D eigenvalue weighted by molar-refractivity contribution is 8.16. The molecule has 4 nitrogen and oxygen atoms in total. The number of urea groups is 1. The van der Waals surface area contributed by atoms with E-state index in [2.05, 4.69) is 5.10 Å². The molecule has 1 aromatic rings. The quantitative estimate of drug-likeness (QED) is 0.746. The third-order valence-electron chi connectivity index (χ3n) is 2.06. The smallest absolute Gasteiger partial charge is 0.329 e. The summed E-state index contributed by atoms with van der Waals surface area (Å²) < 4.78 is 0. The first kappa shape index (κ1) is 11.0. The summed E-state index contributed by atoms with van der Waals surface area (Å²) in [5.74, 6) is 1.71. The van der Waals surface area contributed by atoms with Gasteiger partial charge >= 0.3 is 6.03 Å². The average molecular weight is 234 g/mol. The van der Waals surface area contributed by atoms with E-state index < -0.39 is 0 Å². The van der Waals surface area contributed by atoms with Crippen LogP contribution in [-0.2, 0) is 0 Å². The average Bonchev–Trinajstić information content (AvgIpc) is 2.78. The van der Waals surface area contributed by atoms with Crippen LogP contribution < -0.4 is 0 Å². The summed E-state index contributed by atoms with van der Waals surface area (Å²) in [5, 5.41) is 6.44. The van der Waals surface area contributed by atoms with Gasteiger partial charge in [-0.05, 0) is 0 Å². The highest BCUT2D eigenvalue weighted by atomic mass is 32.2. The van der Waals surface area contributed by atoms with Crippen LogP contribution in [0.25, 0.3) is 0 Å². The van der Waals surface area contributed by atoms with Crippen LogP contribution in [0.1, 0.15) is 5.56 Å². The fraction of sp³-hybridized carbons (Fsp3) is 0.182. The van der Waals surface area contributed by atoms with Crippen molar-refractivity contribution in [3.05, 3.63) is 41.8 Å². The van der Waals surface area contributed by atoms with Gasteiger partial charge in [-0.3, -0.25) is 0 Å². The Labute approximate surface area is 98.9 Å². The second kappa shape index (κ2) is 4.57. The number of nitrogens with zero attached hydrogens (tertiary/aromatic N) is 3. The molecule has 1 aromatic carbocycles. The van der Waals surface area contributed by atoms with Gasteiger partial charge in [0.1, 0.15) is 10.9 Å². The standard InChI is InChI=1S/C11H12N3OS/c1-13(2)11(15)14-8-16-10(12-14)9-6-4-3-5-7-9/h3-8H,1-2H3. The normalized spacial score (nSPS) is 14.9. The Morgan fingerprint density at radius 2 is 2.00 bits per heavy atom. The zero-order valence-corrected chi connectivity index (χ0v) is 9.94. The minimum Gasteiger partial charge on any atom is -0.329 e. The Bertz CT molecular complexity index is 416. The number of benzene rings is 1. The summed E-state index contributed by atoms with van der Waals surface area (Å²) in [4.78, 5) is 13.1. The highest BCUT2D eigenvalue weighted by Gasteiger charge is 2.23. The van der Waals surface area contributed by atoms with E-state index in [1.54, 1.807) is 20.0 Å². The fourth-order valence-corrected chi connectivity index (χ4v) is 1.99. The lowest BCUT2D eigenvalue weighted by molar-refractivity contribution is 0.188. The lowest BCUT2D eigenvalue weighted by Gasteiger charge is -2.15. The molecule has 0 atom stereocenters. The van der Waals surface area contributed by atoms with Crippen molar-refractivity contribution in [2.45, 2.75) is 0 Å². The van der Waals surface area contributed by atoms with Gasteiger partial charge in [0, 0.05) is 19.7 Å². The first-order chi connectivity index (χ1) is 7.68. The van der Waals surface area contributed by atoms with Gasteiger partial charge in [0.05, 0.1) is 0 Å². The molecule has 0 fully saturated rings. The summed E-state index contributed by atoms with van der Waals surface area (Å²) in [6, 6.07) is 9.67. The van der Waals surface area contributed by atoms with Crippen molar-refractivity contribution in [2.24, 2.45) is 5.10 Å². The summed E-state index contributed by atoms with van der Waals surface area (Å²) in [6.07, 6.45) is 0. The van der Waals surface area contributed by atoms with Gasteiger partial charge in [0.2, 0.25) is 0 Å². The van der Waals surface area contributed by atoms with Crippen molar-refractivity contribution >= 4 is 22.8 Å². The first-order valence-electron chi connectivity index (χ1n) is 4.83. The molecule has 83 valence electrons. The number of hydrazone groups is 1. The van der Waals surface area contributed by atoms with Crippen LogP contribution in [0.3, 0.4) is 0 Å². The number of carbonyl (C=O) groups excluding carboxylic acids is 1.